The molecule has 1 saturated carbocycles. The van der Waals surface area contributed by atoms with E-state index in [0.29, 0.717) is 12.8 Å². The van der Waals surface area contributed by atoms with E-state index in [0.717, 1.165) is 18.9 Å². The third kappa shape index (κ3) is 4.99. The molecule has 0 aromatic heterocycles. The molecule has 2 rings (SSSR count). The van der Waals surface area contributed by atoms with E-state index >= 15 is 0 Å². The van der Waals surface area contributed by atoms with Crippen LogP contribution in [-0.4, -0.2) is 47.7 Å². The van der Waals surface area contributed by atoms with Gasteiger partial charge in [0.05, 0.1) is 5.02 Å². The minimum Gasteiger partial charge on any atom is -0.484 e. The summed E-state index contributed by atoms with van der Waals surface area (Å²) in [5.74, 6) is -0.563. The van der Waals surface area contributed by atoms with Gasteiger partial charge in [-0.05, 0) is 37.8 Å². The maximum absolute atomic E-state index is 13.3. The first-order valence-electron chi connectivity index (χ1n) is 7.69. The van der Waals surface area contributed by atoms with Crippen LogP contribution in [0.5, 0.6) is 5.75 Å². The van der Waals surface area contributed by atoms with Crippen molar-refractivity contribution in [1.29, 1.82) is 0 Å². The Balaban J connectivity index is 1.80. The first-order chi connectivity index (χ1) is 11.4. The van der Waals surface area contributed by atoms with Crippen molar-refractivity contribution in [2.24, 2.45) is 0 Å². The third-order valence-corrected chi connectivity index (χ3v) is 4.53. The number of benzene rings is 1. The molecule has 0 atom stereocenters. The van der Waals surface area contributed by atoms with Gasteiger partial charge in [-0.25, -0.2) is 9.18 Å². The van der Waals surface area contributed by atoms with E-state index in [2.05, 4.69) is 5.32 Å². The first-order valence-corrected chi connectivity index (χ1v) is 8.07. The van der Waals surface area contributed by atoms with Gasteiger partial charge in [-0.1, -0.05) is 11.6 Å². The van der Waals surface area contributed by atoms with Gasteiger partial charge in [-0.3, -0.25) is 4.79 Å². The molecule has 24 heavy (non-hydrogen) atoms. The van der Waals surface area contributed by atoms with Gasteiger partial charge in [0.2, 0.25) is 0 Å². The van der Waals surface area contributed by atoms with Crippen molar-refractivity contribution in [2.45, 2.75) is 37.8 Å². The average molecular weight is 359 g/mol. The molecule has 8 heteroatoms. The van der Waals surface area contributed by atoms with Crippen molar-refractivity contribution in [3.05, 3.63) is 29.0 Å². The number of halogens is 2. The van der Waals surface area contributed by atoms with Crippen LogP contribution in [0.15, 0.2) is 18.2 Å². The van der Waals surface area contributed by atoms with Crippen LogP contribution in [0.25, 0.3) is 0 Å². The van der Waals surface area contributed by atoms with Gasteiger partial charge in [0, 0.05) is 25.2 Å². The van der Waals surface area contributed by atoms with Gasteiger partial charge < -0.3 is 20.1 Å². The molecule has 6 nitrogen and oxygen atoms in total. The monoisotopic (exact) mass is 358 g/mol. The summed E-state index contributed by atoms with van der Waals surface area (Å²) in [4.78, 5) is 24.4. The van der Waals surface area contributed by atoms with E-state index in [1.165, 1.54) is 12.1 Å². The van der Waals surface area contributed by atoms with Crippen LogP contribution >= 0.6 is 11.6 Å². The number of rotatable bonds is 5. The standard InChI is InChI=1S/C16H20ClFN2O4/c1-20(11-4-2-10(3-5-11)19-16(22)23)15(21)9-24-12-6-7-13(17)14(18)8-12/h6-8,10-11,19H,2-5,9H2,1H3,(H,22,23)/t10-,11-. The molecule has 1 fully saturated rings. The molecule has 1 aliphatic carbocycles. The Hall–Kier alpha value is -2.02. The topological polar surface area (TPSA) is 78.9 Å². The highest BCUT2D eigenvalue weighted by Crippen LogP contribution is 2.23. The van der Waals surface area contributed by atoms with Crippen molar-refractivity contribution < 1.29 is 23.8 Å². The number of carboxylic acid groups (broad SMARTS) is 1. The summed E-state index contributed by atoms with van der Waals surface area (Å²) >= 11 is 5.59. The fraction of sp³-hybridized carbons (Fsp3) is 0.500. The molecule has 1 aliphatic rings. The summed E-state index contributed by atoms with van der Waals surface area (Å²) in [7, 11) is 1.70. The van der Waals surface area contributed by atoms with Crippen LogP contribution in [0.4, 0.5) is 9.18 Å². The quantitative estimate of drug-likeness (QED) is 0.848. The Morgan fingerprint density at radius 3 is 2.62 bits per heavy atom. The number of carbonyl (C=O) groups is 2. The van der Waals surface area contributed by atoms with E-state index < -0.39 is 11.9 Å². The molecule has 0 bridgehead atoms. The predicted octanol–water partition coefficient (Wildman–Crippen LogP) is 2.90. The smallest absolute Gasteiger partial charge is 0.404 e. The number of ether oxygens (including phenoxy) is 1. The Kier molecular flexibility index (Phi) is 6.25. The van der Waals surface area contributed by atoms with Crippen molar-refractivity contribution in [3.8, 4) is 5.75 Å². The number of amides is 2. The molecular formula is C16H20ClFN2O4. The summed E-state index contributed by atoms with van der Waals surface area (Å²) in [5.41, 5.74) is 0. The molecule has 1 aromatic carbocycles. The minimum atomic E-state index is -1.02. The molecule has 0 saturated heterocycles. The van der Waals surface area contributed by atoms with Crippen LogP contribution < -0.4 is 10.1 Å². The zero-order chi connectivity index (χ0) is 17.7. The lowest BCUT2D eigenvalue weighted by molar-refractivity contribution is -0.134. The normalized spacial score (nSPS) is 20.3. The molecule has 1 aromatic rings. The number of hydrogen-bond acceptors (Lipinski definition) is 3. The number of nitrogens with zero attached hydrogens (tertiary/aromatic N) is 1. The first kappa shape index (κ1) is 18.3. The number of hydrogen-bond donors (Lipinski definition) is 2. The van der Waals surface area contributed by atoms with Crippen molar-refractivity contribution in [1.82, 2.24) is 10.2 Å². The van der Waals surface area contributed by atoms with Crippen LogP contribution in [-0.2, 0) is 4.79 Å². The number of likely N-dealkylation sites (N-methyl/N-ethyl adjacent to an activating group) is 1. The van der Waals surface area contributed by atoms with Gasteiger partial charge in [-0.2, -0.15) is 0 Å². The molecule has 0 aliphatic heterocycles. The molecule has 0 unspecified atom stereocenters. The van der Waals surface area contributed by atoms with Crippen LogP contribution in [0.3, 0.4) is 0 Å². The van der Waals surface area contributed by atoms with Crippen LogP contribution in [0.2, 0.25) is 5.02 Å². The summed E-state index contributed by atoms with van der Waals surface area (Å²) in [6.45, 7) is -0.190. The van der Waals surface area contributed by atoms with Gasteiger partial charge in [0.15, 0.2) is 6.61 Å². The Bertz CT molecular complexity index is 606. The van der Waals surface area contributed by atoms with Gasteiger partial charge >= 0.3 is 6.09 Å². The lowest BCUT2D eigenvalue weighted by Crippen LogP contribution is -2.45. The fourth-order valence-electron chi connectivity index (χ4n) is 2.80. The molecule has 0 spiro atoms. The molecule has 0 radical (unpaired) electrons. The average Bonchev–Trinajstić information content (AvgIpc) is 2.55. The second-order valence-electron chi connectivity index (χ2n) is 5.82. The Morgan fingerprint density at radius 2 is 2.04 bits per heavy atom. The third-order valence-electron chi connectivity index (χ3n) is 4.22. The van der Waals surface area contributed by atoms with Gasteiger partial charge in [0.25, 0.3) is 5.91 Å². The van der Waals surface area contributed by atoms with Crippen molar-refractivity contribution >= 4 is 23.6 Å². The highest BCUT2D eigenvalue weighted by Gasteiger charge is 2.27. The SMILES string of the molecule is CN(C(=O)COc1ccc(Cl)c(F)c1)[C@H]1CC[C@H](NC(=O)O)CC1. The predicted molar refractivity (Wildman–Crippen MR) is 86.9 cm³/mol. The second-order valence-corrected chi connectivity index (χ2v) is 6.23. The summed E-state index contributed by atoms with van der Waals surface area (Å²) in [6.07, 6.45) is 1.81. The van der Waals surface area contributed by atoms with Gasteiger partial charge in [-0.15, -0.1) is 0 Å². The summed E-state index contributed by atoms with van der Waals surface area (Å²) < 4.78 is 18.6. The van der Waals surface area contributed by atoms with E-state index in [9.17, 15) is 14.0 Å². The number of nitrogens with one attached hydrogen (secondary N) is 1. The Morgan fingerprint density at radius 1 is 1.38 bits per heavy atom. The van der Waals surface area contributed by atoms with E-state index in [1.807, 2.05) is 0 Å². The Labute approximate surface area is 144 Å². The molecule has 2 amide bonds. The second kappa shape index (κ2) is 8.19. The summed E-state index contributed by atoms with van der Waals surface area (Å²) in [6, 6.07) is 4.00. The highest BCUT2D eigenvalue weighted by atomic mass is 35.5. The van der Waals surface area contributed by atoms with Crippen LogP contribution in [0.1, 0.15) is 25.7 Å². The molecule has 0 heterocycles. The largest absolute Gasteiger partial charge is 0.484 e. The van der Waals surface area contributed by atoms with Crippen LogP contribution in [0, 0.1) is 5.82 Å². The maximum Gasteiger partial charge on any atom is 0.404 e. The van der Waals surface area contributed by atoms with E-state index in [4.69, 9.17) is 21.4 Å². The van der Waals surface area contributed by atoms with E-state index in [-0.39, 0.29) is 35.4 Å². The van der Waals surface area contributed by atoms with Crippen molar-refractivity contribution in [2.75, 3.05) is 13.7 Å². The molecule has 2 N–H and O–H groups in total. The fourth-order valence-corrected chi connectivity index (χ4v) is 2.92. The molecule has 132 valence electrons. The zero-order valence-electron chi connectivity index (χ0n) is 13.3. The minimum absolute atomic E-state index is 0.00229. The zero-order valence-corrected chi connectivity index (χ0v) is 14.1. The van der Waals surface area contributed by atoms with Gasteiger partial charge in [0.1, 0.15) is 11.6 Å². The maximum atomic E-state index is 13.3. The van der Waals surface area contributed by atoms with E-state index in [1.54, 1.807) is 11.9 Å². The van der Waals surface area contributed by atoms with Crippen molar-refractivity contribution in [3.63, 3.8) is 0 Å². The lowest BCUT2D eigenvalue weighted by Gasteiger charge is -2.34. The number of carbonyl (C=O) groups excluding carboxylic acids is 1. The summed E-state index contributed by atoms with van der Waals surface area (Å²) in [5, 5.41) is 11.2. The highest BCUT2D eigenvalue weighted by molar-refractivity contribution is 6.30. The molecular weight excluding hydrogens is 339 g/mol. The lowest BCUT2D eigenvalue weighted by atomic mass is 9.90.